The Balaban J connectivity index is 1.25. The zero-order chi connectivity index (χ0) is 14.6. The summed E-state index contributed by atoms with van der Waals surface area (Å²) >= 11 is 0. The maximum atomic E-state index is 3.62. The third kappa shape index (κ3) is 9.29. The van der Waals surface area contributed by atoms with Gasteiger partial charge in [0.2, 0.25) is 0 Å². The van der Waals surface area contributed by atoms with Crippen molar-refractivity contribution in [2.24, 2.45) is 0 Å². The molecule has 0 bridgehead atoms. The van der Waals surface area contributed by atoms with E-state index in [4.69, 9.17) is 0 Å². The monoisotopic (exact) mass is 365 g/mol. The van der Waals surface area contributed by atoms with Gasteiger partial charge in [0, 0.05) is 22.0 Å². The highest BCUT2D eigenvalue weighted by Gasteiger charge is 2.16. The molecular weight excluding hydrogens is 334 g/mol. The van der Waals surface area contributed by atoms with Crippen molar-refractivity contribution in [1.29, 1.82) is 0 Å². The van der Waals surface area contributed by atoms with Gasteiger partial charge in [-0.25, -0.2) is 0 Å². The second-order valence-corrected chi connectivity index (χ2v) is 11.7. The first-order chi connectivity index (χ1) is 10.4. The Morgan fingerprint density at radius 2 is 1.19 bits per heavy atom. The summed E-state index contributed by atoms with van der Waals surface area (Å²) in [7, 11) is 8.40. The molecule has 0 spiro atoms. The van der Waals surface area contributed by atoms with Crippen molar-refractivity contribution in [3.63, 3.8) is 0 Å². The summed E-state index contributed by atoms with van der Waals surface area (Å²) < 4.78 is 0. The molecule has 0 radical (unpaired) electrons. The van der Waals surface area contributed by atoms with Crippen molar-refractivity contribution in [3.05, 3.63) is 0 Å². The summed E-state index contributed by atoms with van der Waals surface area (Å²) in [6.07, 6.45) is 14.3. The van der Waals surface area contributed by atoms with Crippen LogP contribution in [0.5, 0.6) is 0 Å². The Kier molecular flexibility index (Phi) is 11.3. The summed E-state index contributed by atoms with van der Waals surface area (Å²) in [4.78, 5) is 0. The van der Waals surface area contributed by atoms with E-state index in [0.717, 1.165) is 10.5 Å². The second-order valence-electron chi connectivity index (χ2n) is 6.11. The van der Waals surface area contributed by atoms with Crippen LogP contribution in [0.15, 0.2) is 0 Å². The minimum absolute atomic E-state index is 0.972. The highest BCUT2D eigenvalue weighted by molar-refractivity contribution is 8.77. The van der Waals surface area contributed by atoms with E-state index in [1.165, 1.54) is 88.8 Å². The maximum Gasteiger partial charge on any atom is 0.0159 e. The van der Waals surface area contributed by atoms with Crippen molar-refractivity contribution >= 4 is 43.2 Å². The van der Waals surface area contributed by atoms with E-state index in [1.54, 1.807) is 0 Å². The fraction of sp³-hybridized carbons (Fsp3) is 1.00. The molecule has 5 heteroatoms. The van der Waals surface area contributed by atoms with Gasteiger partial charge in [-0.2, -0.15) is 0 Å². The average Bonchev–Trinajstić information content (AvgIpc) is 3.18. The molecule has 2 saturated heterocycles. The first kappa shape index (κ1) is 18.7. The largest absolute Gasteiger partial charge is 0.317 e. The number of hydrogen-bond donors (Lipinski definition) is 1. The molecule has 0 aromatic heterocycles. The number of nitrogens with one attached hydrogen (secondary N) is 1. The quantitative estimate of drug-likeness (QED) is 0.335. The Morgan fingerprint density at radius 3 is 1.62 bits per heavy atom. The van der Waals surface area contributed by atoms with Crippen LogP contribution in [-0.4, -0.2) is 35.1 Å². The molecule has 2 aliphatic heterocycles. The van der Waals surface area contributed by atoms with Crippen LogP contribution >= 0.6 is 43.2 Å². The summed E-state index contributed by atoms with van der Waals surface area (Å²) in [6.45, 7) is 2.48. The molecule has 2 aliphatic rings. The average molecular weight is 366 g/mol. The highest BCUT2D eigenvalue weighted by Crippen LogP contribution is 2.40. The van der Waals surface area contributed by atoms with Gasteiger partial charge in [-0.05, 0) is 51.6 Å². The molecule has 1 N–H and O–H groups in total. The molecule has 0 aliphatic carbocycles. The fourth-order valence-electron chi connectivity index (χ4n) is 2.85. The van der Waals surface area contributed by atoms with Gasteiger partial charge in [0.05, 0.1) is 0 Å². The zero-order valence-electron chi connectivity index (χ0n) is 13.2. The van der Waals surface area contributed by atoms with E-state index >= 15 is 0 Å². The van der Waals surface area contributed by atoms with Crippen LogP contribution in [0.25, 0.3) is 0 Å². The first-order valence-electron chi connectivity index (χ1n) is 8.72. The SMILES string of the molecule is C(CCNCCCCCC1CCSS1)CCC1CCSS1. The Hall–Kier alpha value is 1.36. The lowest BCUT2D eigenvalue weighted by atomic mass is 10.1. The smallest absolute Gasteiger partial charge is 0.0159 e. The van der Waals surface area contributed by atoms with E-state index in [0.29, 0.717) is 0 Å². The second kappa shape index (κ2) is 12.7. The molecule has 2 fully saturated rings. The Labute approximate surface area is 147 Å². The topological polar surface area (TPSA) is 12.0 Å². The van der Waals surface area contributed by atoms with E-state index < -0.39 is 0 Å². The summed E-state index contributed by atoms with van der Waals surface area (Å²) in [6, 6.07) is 0. The zero-order valence-corrected chi connectivity index (χ0v) is 16.5. The van der Waals surface area contributed by atoms with Crippen molar-refractivity contribution in [2.75, 3.05) is 24.6 Å². The van der Waals surface area contributed by atoms with Crippen LogP contribution in [0.2, 0.25) is 0 Å². The highest BCUT2D eigenvalue weighted by atomic mass is 33.1. The molecule has 0 aromatic carbocycles. The third-order valence-corrected chi connectivity index (χ3v) is 10.2. The van der Waals surface area contributed by atoms with Crippen LogP contribution in [0.4, 0.5) is 0 Å². The minimum atomic E-state index is 0.972. The van der Waals surface area contributed by atoms with Crippen LogP contribution in [-0.2, 0) is 0 Å². The van der Waals surface area contributed by atoms with Gasteiger partial charge in [0.15, 0.2) is 0 Å². The van der Waals surface area contributed by atoms with Crippen molar-refractivity contribution in [3.8, 4) is 0 Å². The molecule has 1 nitrogen and oxygen atoms in total. The van der Waals surface area contributed by atoms with Crippen LogP contribution in [0, 0.1) is 0 Å². The molecule has 2 rings (SSSR count). The first-order valence-corrected chi connectivity index (χ1v) is 13.5. The third-order valence-electron chi connectivity index (χ3n) is 4.21. The van der Waals surface area contributed by atoms with Crippen molar-refractivity contribution in [2.45, 2.75) is 74.7 Å². The molecule has 2 heterocycles. The minimum Gasteiger partial charge on any atom is -0.317 e. The number of hydrogen-bond acceptors (Lipinski definition) is 5. The van der Waals surface area contributed by atoms with Gasteiger partial charge >= 0.3 is 0 Å². The molecule has 0 saturated carbocycles. The van der Waals surface area contributed by atoms with E-state index in [-0.39, 0.29) is 0 Å². The van der Waals surface area contributed by atoms with Gasteiger partial charge in [0.1, 0.15) is 0 Å². The molecule has 21 heavy (non-hydrogen) atoms. The van der Waals surface area contributed by atoms with Crippen LogP contribution < -0.4 is 5.32 Å². The standard InChI is InChI=1S/C16H31NS4/c1(3-7-15-9-13-18-20-15)5-11-17-12-6-2-4-8-16-10-14-19-21-16/h15-17H,1-14H2. The summed E-state index contributed by atoms with van der Waals surface area (Å²) in [5.74, 6) is 2.77. The summed E-state index contributed by atoms with van der Waals surface area (Å²) in [5, 5.41) is 5.57. The predicted molar refractivity (Wildman–Crippen MR) is 107 cm³/mol. The molecule has 2 unspecified atom stereocenters. The van der Waals surface area contributed by atoms with E-state index in [2.05, 4.69) is 48.5 Å². The Morgan fingerprint density at radius 1 is 0.667 bits per heavy atom. The normalized spacial score (nSPS) is 25.7. The van der Waals surface area contributed by atoms with Crippen LogP contribution in [0.1, 0.15) is 64.2 Å². The molecule has 0 aromatic rings. The van der Waals surface area contributed by atoms with Gasteiger partial charge in [-0.15, -0.1) is 0 Å². The van der Waals surface area contributed by atoms with E-state index in [1.807, 2.05) is 0 Å². The number of unbranched alkanes of at least 4 members (excludes halogenated alkanes) is 4. The number of rotatable bonds is 12. The molecule has 124 valence electrons. The lowest BCUT2D eigenvalue weighted by Crippen LogP contribution is -2.16. The van der Waals surface area contributed by atoms with Crippen molar-refractivity contribution < 1.29 is 0 Å². The van der Waals surface area contributed by atoms with Crippen LogP contribution in [0.3, 0.4) is 0 Å². The Bertz CT molecular complexity index is 216. The maximum absolute atomic E-state index is 3.62. The van der Waals surface area contributed by atoms with E-state index in [9.17, 15) is 0 Å². The van der Waals surface area contributed by atoms with Gasteiger partial charge in [-0.1, -0.05) is 68.9 Å². The fourth-order valence-corrected chi connectivity index (χ4v) is 8.91. The predicted octanol–water partition coefficient (Wildman–Crippen LogP) is 6.00. The molecule has 0 amide bonds. The van der Waals surface area contributed by atoms with Gasteiger partial charge in [0.25, 0.3) is 0 Å². The molecule has 2 atom stereocenters. The lowest BCUT2D eigenvalue weighted by Gasteiger charge is -2.08. The van der Waals surface area contributed by atoms with Crippen molar-refractivity contribution in [1.82, 2.24) is 5.32 Å². The molecular formula is C16H31NS4. The summed E-state index contributed by atoms with van der Waals surface area (Å²) in [5.41, 5.74) is 0. The lowest BCUT2D eigenvalue weighted by molar-refractivity contribution is 0.549. The van der Waals surface area contributed by atoms with Gasteiger partial charge < -0.3 is 5.32 Å². The van der Waals surface area contributed by atoms with Gasteiger partial charge in [-0.3, -0.25) is 0 Å².